The van der Waals surface area contributed by atoms with Gasteiger partial charge in [0.1, 0.15) is 5.01 Å². The van der Waals surface area contributed by atoms with E-state index >= 15 is 0 Å². The first-order valence-corrected chi connectivity index (χ1v) is 11.4. The fourth-order valence-electron chi connectivity index (χ4n) is 4.12. The van der Waals surface area contributed by atoms with E-state index in [0.29, 0.717) is 25.5 Å². The van der Waals surface area contributed by atoms with E-state index < -0.39 is 0 Å². The molecule has 7 heteroatoms. The average Bonchev–Trinajstić information content (AvgIpc) is 3.05. The number of benzene rings is 2. The predicted molar refractivity (Wildman–Crippen MR) is 118 cm³/mol. The van der Waals surface area contributed by atoms with Gasteiger partial charge in [-0.3, -0.25) is 9.69 Å². The van der Waals surface area contributed by atoms with Crippen molar-refractivity contribution in [1.82, 2.24) is 9.88 Å². The number of amides is 1. The molecule has 0 saturated carbocycles. The molecule has 1 unspecified atom stereocenters. The van der Waals surface area contributed by atoms with Crippen molar-refractivity contribution in [2.24, 2.45) is 0 Å². The molecule has 5 rings (SSSR count). The van der Waals surface area contributed by atoms with E-state index in [-0.39, 0.29) is 11.9 Å². The number of nitrogens with zero attached hydrogens (tertiary/aromatic N) is 2. The largest absolute Gasteiger partial charge is 0.490 e. The number of ether oxygens (including phenoxy) is 2. The smallest absolute Gasteiger partial charge is 0.238 e. The maximum atomic E-state index is 12.8. The summed E-state index contributed by atoms with van der Waals surface area (Å²) in [4.78, 5) is 19.9. The number of anilines is 1. The molecule has 1 amide bonds. The molecule has 2 aliphatic rings. The Balaban J connectivity index is 1.28. The van der Waals surface area contributed by atoms with E-state index in [2.05, 4.69) is 22.3 Å². The van der Waals surface area contributed by atoms with Gasteiger partial charge in [-0.05, 0) is 43.7 Å². The molecule has 1 aromatic heterocycles. The lowest BCUT2D eigenvalue weighted by molar-refractivity contribution is -0.118. The quantitative estimate of drug-likeness (QED) is 0.663. The first-order valence-electron chi connectivity index (χ1n) is 10.6. The zero-order valence-electron chi connectivity index (χ0n) is 16.8. The Morgan fingerprint density at radius 2 is 1.97 bits per heavy atom. The van der Waals surface area contributed by atoms with Crippen molar-refractivity contribution in [2.75, 3.05) is 31.6 Å². The highest BCUT2D eigenvalue weighted by atomic mass is 32.1. The topological polar surface area (TPSA) is 63.7 Å². The fourth-order valence-corrected chi connectivity index (χ4v) is 5.26. The molecule has 0 aliphatic carbocycles. The van der Waals surface area contributed by atoms with Gasteiger partial charge < -0.3 is 14.8 Å². The Bertz CT molecular complexity index is 1020. The van der Waals surface area contributed by atoms with Crippen molar-refractivity contribution < 1.29 is 14.3 Å². The summed E-state index contributed by atoms with van der Waals surface area (Å²) in [6.45, 7) is 2.55. The molecule has 3 aromatic rings. The maximum absolute atomic E-state index is 12.8. The number of fused-ring (bicyclic) bond motifs is 2. The van der Waals surface area contributed by atoms with Gasteiger partial charge in [-0.15, -0.1) is 11.3 Å². The molecular formula is C23H25N3O3S. The highest BCUT2D eigenvalue weighted by Gasteiger charge is 2.28. The summed E-state index contributed by atoms with van der Waals surface area (Å²) in [7, 11) is 0. The van der Waals surface area contributed by atoms with E-state index in [0.717, 1.165) is 47.8 Å². The van der Waals surface area contributed by atoms with Crippen molar-refractivity contribution in [3.05, 3.63) is 47.5 Å². The van der Waals surface area contributed by atoms with E-state index in [1.165, 1.54) is 11.1 Å². The molecule has 0 radical (unpaired) electrons. The van der Waals surface area contributed by atoms with Crippen LogP contribution in [-0.2, 0) is 4.79 Å². The normalized spacial score (nSPS) is 19.4. The van der Waals surface area contributed by atoms with Crippen LogP contribution in [0.3, 0.4) is 0 Å². The van der Waals surface area contributed by atoms with Crippen LogP contribution in [0.25, 0.3) is 10.2 Å². The zero-order chi connectivity index (χ0) is 20.3. The van der Waals surface area contributed by atoms with E-state index in [1.807, 2.05) is 30.3 Å². The molecule has 3 heterocycles. The molecule has 1 N–H and O–H groups in total. The third-order valence-corrected chi connectivity index (χ3v) is 6.72. The lowest BCUT2D eigenvalue weighted by Crippen LogP contribution is -2.39. The number of aromatic nitrogens is 1. The minimum Gasteiger partial charge on any atom is -0.490 e. The summed E-state index contributed by atoms with van der Waals surface area (Å²) >= 11 is 1.74. The fraction of sp³-hybridized carbons (Fsp3) is 0.391. The van der Waals surface area contributed by atoms with Gasteiger partial charge in [-0.2, -0.15) is 0 Å². The van der Waals surface area contributed by atoms with Gasteiger partial charge in [0.05, 0.1) is 36.0 Å². The lowest BCUT2D eigenvalue weighted by Gasteiger charge is -2.33. The second-order valence-corrected chi connectivity index (χ2v) is 8.82. The number of para-hydroxylation sites is 1. The van der Waals surface area contributed by atoms with Crippen LogP contribution >= 0.6 is 11.3 Å². The Labute approximate surface area is 179 Å². The molecule has 2 aromatic carbocycles. The Morgan fingerprint density at radius 1 is 1.10 bits per heavy atom. The van der Waals surface area contributed by atoms with Crippen LogP contribution in [0.1, 0.15) is 36.7 Å². The number of likely N-dealkylation sites (tertiary alicyclic amines) is 1. The molecule has 1 fully saturated rings. The minimum absolute atomic E-state index is 0.0162. The van der Waals surface area contributed by atoms with Crippen LogP contribution in [0.5, 0.6) is 11.5 Å². The summed E-state index contributed by atoms with van der Waals surface area (Å²) in [5, 5.41) is 4.14. The average molecular weight is 424 g/mol. The Kier molecular flexibility index (Phi) is 5.55. The third kappa shape index (κ3) is 4.13. The third-order valence-electron chi connectivity index (χ3n) is 5.59. The monoisotopic (exact) mass is 423 g/mol. The van der Waals surface area contributed by atoms with E-state index in [4.69, 9.17) is 14.5 Å². The Hall–Kier alpha value is -2.64. The molecule has 156 valence electrons. The van der Waals surface area contributed by atoms with Crippen molar-refractivity contribution in [1.29, 1.82) is 0 Å². The Morgan fingerprint density at radius 3 is 2.87 bits per heavy atom. The SMILES string of the molecule is O=C(CN1CCCCC1c1nc2ccccc2s1)Nc1ccc2c(c1)OCCCO2. The van der Waals surface area contributed by atoms with E-state index in [1.54, 1.807) is 11.3 Å². The standard InChI is InChI=1S/C23H25N3O3S/c27-22(24-16-9-10-19-20(14-16)29-13-5-12-28-19)15-26-11-4-3-7-18(26)23-25-17-6-1-2-8-21(17)30-23/h1-2,6,8-10,14,18H,3-5,7,11-13,15H2,(H,24,27). The molecular weight excluding hydrogens is 398 g/mol. The zero-order valence-corrected chi connectivity index (χ0v) is 17.6. The van der Waals surface area contributed by atoms with Crippen LogP contribution < -0.4 is 14.8 Å². The van der Waals surface area contributed by atoms with Crippen LogP contribution in [0.4, 0.5) is 5.69 Å². The number of carbonyl (C=O) groups is 1. The van der Waals surface area contributed by atoms with Crippen LogP contribution in [-0.4, -0.2) is 42.1 Å². The molecule has 1 atom stereocenters. The second kappa shape index (κ2) is 8.62. The van der Waals surface area contributed by atoms with E-state index in [9.17, 15) is 4.79 Å². The highest BCUT2D eigenvalue weighted by Crippen LogP contribution is 2.36. The molecule has 30 heavy (non-hydrogen) atoms. The molecule has 0 spiro atoms. The van der Waals surface area contributed by atoms with Crippen molar-refractivity contribution in [2.45, 2.75) is 31.7 Å². The summed E-state index contributed by atoms with van der Waals surface area (Å²) < 4.78 is 12.6. The van der Waals surface area contributed by atoms with Crippen LogP contribution in [0, 0.1) is 0 Å². The summed E-state index contributed by atoms with van der Waals surface area (Å²) in [6, 6.07) is 14.0. The molecule has 1 saturated heterocycles. The van der Waals surface area contributed by atoms with Gasteiger partial charge in [0.2, 0.25) is 5.91 Å². The summed E-state index contributed by atoms with van der Waals surface area (Å²) in [5.74, 6) is 1.41. The van der Waals surface area contributed by atoms with Gasteiger partial charge in [0.25, 0.3) is 0 Å². The van der Waals surface area contributed by atoms with Crippen molar-refractivity contribution in [3.63, 3.8) is 0 Å². The molecule has 6 nitrogen and oxygen atoms in total. The number of rotatable bonds is 4. The number of nitrogens with one attached hydrogen (secondary N) is 1. The van der Waals surface area contributed by atoms with Gasteiger partial charge in [0, 0.05) is 18.2 Å². The van der Waals surface area contributed by atoms with Crippen LogP contribution in [0.2, 0.25) is 0 Å². The first-order chi connectivity index (χ1) is 14.8. The van der Waals surface area contributed by atoms with Crippen LogP contribution in [0.15, 0.2) is 42.5 Å². The number of hydrogen-bond donors (Lipinski definition) is 1. The molecule has 0 bridgehead atoms. The van der Waals surface area contributed by atoms with Crippen molar-refractivity contribution in [3.8, 4) is 11.5 Å². The van der Waals surface area contributed by atoms with Gasteiger partial charge in [-0.25, -0.2) is 4.98 Å². The first kappa shape index (κ1) is 19.3. The number of piperidine rings is 1. The number of thiazole rings is 1. The maximum Gasteiger partial charge on any atom is 0.238 e. The summed E-state index contributed by atoms with van der Waals surface area (Å²) in [5.41, 5.74) is 1.78. The van der Waals surface area contributed by atoms with Gasteiger partial charge >= 0.3 is 0 Å². The molecule has 2 aliphatic heterocycles. The highest BCUT2D eigenvalue weighted by molar-refractivity contribution is 7.18. The lowest BCUT2D eigenvalue weighted by atomic mass is 10.0. The van der Waals surface area contributed by atoms with Gasteiger partial charge in [0.15, 0.2) is 11.5 Å². The summed E-state index contributed by atoms with van der Waals surface area (Å²) in [6.07, 6.45) is 4.18. The predicted octanol–water partition coefficient (Wildman–Crippen LogP) is 4.62. The number of hydrogen-bond acceptors (Lipinski definition) is 6. The van der Waals surface area contributed by atoms with Crippen molar-refractivity contribution >= 4 is 33.1 Å². The minimum atomic E-state index is -0.0162. The number of carbonyl (C=O) groups excluding carboxylic acids is 1. The second-order valence-electron chi connectivity index (χ2n) is 7.76. The van der Waals surface area contributed by atoms with Gasteiger partial charge in [-0.1, -0.05) is 18.6 Å².